The molecule has 0 aliphatic heterocycles. The van der Waals surface area contributed by atoms with Crippen molar-refractivity contribution in [3.63, 3.8) is 0 Å². The molecule has 0 aromatic heterocycles. The summed E-state index contributed by atoms with van der Waals surface area (Å²) in [5.74, 6) is -0.321. The van der Waals surface area contributed by atoms with E-state index in [1.54, 1.807) is 24.3 Å². The Morgan fingerprint density at radius 1 is 0.694 bits per heavy atom. The van der Waals surface area contributed by atoms with E-state index in [1.165, 1.54) is 32.1 Å². The number of unbranched alkanes of at least 4 members (excludes halogenated alkanes) is 7. The highest BCUT2D eigenvalue weighted by molar-refractivity contribution is 7.46. The summed E-state index contributed by atoms with van der Waals surface area (Å²) in [6.07, 6.45) is 36.8. The second-order valence-corrected chi connectivity index (χ2v) is 13.7. The van der Waals surface area contributed by atoms with E-state index in [9.17, 15) is 19.3 Å². The lowest BCUT2D eigenvalue weighted by Gasteiger charge is -2.18. The normalized spacial score (nSPS) is 14.1. The summed E-state index contributed by atoms with van der Waals surface area (Å²) in [7, 11) is -4.79. The number of rotatable bonds is 31. The van der Waals surface area contributed by atoms with Crippen molar-refractivity contribution in [1.29, 1.82) is 0 Å². The van der Waals surface area contributed by atoms with Crippen molar-refractivity contribution in [2.75, 3.05) is 13.2 Å². The zero-order chi connectivity index (χ0) is 36.4. The van der Waals surface area contributed by atoms with Crippen LogP contribution in [0.15, 0.2) is 72.9 Å². The Hall–Kier alpha value is -2.55. The van der Waals surface area contributed by atoms with Gasteiger partial charge in [-0.15, -0.1) is 0 Å². The number of carbonyl (C=O) groups excluding carboxylic acids is 2. The number of ether oxygens (including phenoxy) is 2. The average Bonchev–Trinajstić information content (AvgIpc) is 3.04. The molecule has 0 saturated heterocycles. The van der Waals surface area contributed by atoms with Gasteiger partial charge in [-0.1, -0.05) is 145 Å². The lowest BCUT2D eigenvalue weighted by molar-refractivity contribution is -0.161. The van der Waals surface area contributed by atoms with E-state index in [2.05, 4.69) is 61.8 Å². The third-order valence-electron chi connectivity index (χ3n) is 7.26. The highest BCUT2D eigenvalue weighted by Gasteiger charge is 2.22. The minimum absolute atomic E-state index is 0.0577. The molecular formula is C39H65O9P. The quantitative estimate of drug-likeness (QED) is 0.0211. The fourth-order valence-corrected chi connectivity index (χ4v) is 4.91. The molecule has 10 heteroatoms. The molecule has 0 aliphatic rings. The van der Waals surface area contributed by atoms with Crippen LogP contribution < -0.4 is 0 Å². The van der Waals surface area contributed by atoms with E-state index >= 15 is 0 Å². The van der Waals surface area contributed by atoms with Crippen LogP contribution in [0.4, 0.5) is 0 Å². The third kappa shape index (κ3) is 36.6. The first-order valence-corrected chi connectivity index (χ1v) is 19.7. The van der Waals surface area contributed by atoms with Crippen molar-refractivity contribution < 1.29 is 43.0 Å². The molecule has 3 N–H and O–H groups in total. The number of hydrogen-bond acceptors (Lipinski definition) is 7. The van der Waals surface area contributed by atoms with Crippen LogP contribution in [-0.2, 0) is 28.2 Å². The summed E-state index contributed by atoms with van der Waals surface area (Å²) in [5, 5.41) is 10.1. The molecule has 0 aliphatic carbocycles. The highest BCUT2D eigenvalue weighted by atomic mass is 31.2. The van der Waals surface area contributed by atoms with Crippen LogP contribution in [0, 0.1) is 5.92 Å². The van der Waals surface area contributed by atoms with E-state index in [0.29, 0.717) is 19.3 Å². The largest absolute Gasteiger partial charge is 0.469 e. The molecule has 0 radical (unpaired) electrons. The Bertz CT molecular complexity index is 1050. The monoisotopic (exact) mass is 708 g/mol. The van der Waals surface area contributed by atoms with Gasteiger partial charge in [-0.3, -0.25) is 14.1 Å². The molecule has 0 heterocycles. The molecule has 0 saturated carbocycles. The number of aliphatic hydroxyl groups excluding tert-OH is 1. The topological polar surface area (TPSA) is 140 Å². The van der Waals surface area contributed by atoms with Crippen LogP contribution in [0.5, 0.6) is 0 Å². The predicted molar refractivity (Wildman–Crippen MR) is 199 cm³/mol. The van der Waals surface area contributed by atoms with E-state index < -0.39 is 38.6 Å². The summed E-state index contributed by atoms with van der Waals surface area (Å²) in [4.78, 5) is 42.6. The summed E-state index contributed by atoms with van der Waals surface area (Å²) >= 11 is 0. The Balaban J connectivity index is 4.24. The van der Waals surface area contributed by atoms with Crippen LogP contribution in [0.3, 0.4) is 0 Å². The first-order chi connectivity index (χ1) is 23.5. The van der Waals surface area contributed by atoms with E-state index in [1.807, 2.05) is 12.2 Å². The third-order valence-corrected chi connectivity index (χ3v) is 7.75. The molecule has 280 valence electrons. The maximum Gasteiger partial charge on any atom is 0.469 e. The molecule has 0 fully saturated rings. The summed E-state index contributed by atoms with van der Waals surface area (Å²) < 4.78 is 26.1. The molecule has 0 rings (SSSR count). The Morgan fingerprint density at radius 2 is 1.29 bits per heavy atom. The Labute approximate surface area is 296 Å². The number of aliphatic hydroxyl groups is 1. The minimum atomic E-state index is -4.79. The lowest BCUT2D eigenvalue weighted by Crippen LogP contribution is -2.29. The van der Waals surface area contributed by atoms with Crippen molar-refractivity contribution in [3.8, 4) is 0 Å². The molecular weight excluding hydrogens is 643 g/mol. The average molecular weight is 709 g/mol. The van der Waals surface area contributed by atoms with Crippen LogP contribution in [0.2, 0.25) is 0 Å². The van der Waals surface area contributed by atoms with E-state index in [0.717, 1.165) is 50.9 Å². The fourth-order valence-electron chi connectivity index (χ4n) is 4.55. The van der Waals surface area contributed by atoms with Crippen molar-refractivity contribution >= 4 is 19.8 Å². The van der Waals surface area contributed by atoms with Gasteiger partial charge < -0.3 is 24.4 Å². The molecule has 9 nitrogen and oxygen atoms in total. The van der Waals surface area contributed by atoms with Gasteiger partial charge in [-0.2, -0.15) is 0 Å². The van der Waals surface area contributed by atoms with Crippen molar-refractivity contribution in [1.82, 2.24) is 0 Å². The lowest BCUT2D eigenvalue weighted by atomic mass is 10.0. The van der Waals surface area contributed by atoms with Gasteiger partial charge in [0.15, 0.2) is 6.10 Å². The molecule has 49 heavy (non-hydrogen) atoms. The molecule has 2 atom stereocenters. The second-order valence-electron chi connectivity index (χ2n) is 12.5. The zero-order valence-electron chi connectivity index (χ0n) is 30.3. The first kappa shape index (κ1) is 46.5. The zero-order valence-corrected chi connectivity index (χ0v) is 31.2. The van der Waals surface area contributed by atoms with Gasteiger partial charge in [0.2, 0.25) is 0 Å². The summed E-state index contributed by atoms with van der Waals surface area (Å²) in [6.45, 7) is 5.65. The molecule has 0 bridgehead atoms. The predicted octanol–water partition coefficient (Wildman–Crippen LogP) is 9.56. The van der Waals surface area contributed by atoms with Crippen molar-refractivity contribution in [3.05, 3.63) is 72.9 Å². The van der Waals surface area contributed by atoms with Gasteiger partial charge in [0.1, 0.15) is 6.61 Å². The fraction of sp³-hybridized carbons (Fsp3) is 0.641. The van der Waals surface area contributed by atoms with Gasteiger partial charge in [0, 0.05) is 12.8 Å². The Morgan fingerprint density at radius 3 is 1.90 bits per heavy atom. The van der Waals surface area contributed by atoms with E-state index in [4.69, 9.17) is 19.3 Å². The van der Waals surface area contributed by atoms with Gasteiger partial charge in [-0.05, 0) is 50.9 Å². The van der Waals surface area contributed by atoms with Crippen molar-refractivity contribution in [2.24, 2.45) is 5.92 Å². The Kier molecular flexibility index (Phi) is 30.9. The number of phosphoric acid groups is 1. The maximum absolute atomic E-state index is 12.3. The second kappa shape index (κ2) is 32.6. The molecule has 0 aromatic carbocycles. The van der Waals surface area contributed by atoms with Crippen LogP contribution in [0.25, 0.3) is 0 Å². The SMILES string of the molecule is CC/C=C\C/C=C\C/C=C\C/C=C\C=C/C(O)C/C=C\CCC(=O)OC[C@H](COP(=O)(O)O)OC(=O)CCCCCCCCCCC(C)C. The summed E-state index contributed by atoms with van der Waals surface area (Å²) in [6, 6.07) is 0. The van der Waals surface area contributed by atoms with Gasteiger partial charge in [0.25, 0.3) is 0 Å². The highest BCUT2D eigenvalue weighted by Crippen LogP contribution is 2.36. The van der Waals surface area contributed by atoms with Gasteiger partial charge in [0.05, 0.1) is 12.7 Å². The number of hydrogen-bond donors (Lipinski definition) is 3. The van der Waals surface area contributed by atoms with Crippen LogP contribution >= 0.6 is 7.82 Å². The number of allylic oxidation sites excluding steroid dienone is 10. The standard InChI is InChI=1S/C39H65O9P/c1-4-5-6-7-8-9-10-11-12-13-17-20-24-29-36(40)30-25-22-27-31-38(41)46-33-37(34-47-49(43,44)45)48-39(42)32-26-21-18-15-14-16-19-23-28-35(2)3/h5-6,8-9,11-12,17,20,22,24-25,29,35-37,40H,4,7,10,13-16,18-19,21,23,26-28,30-34H2,1-3H3,(H2,43,44,45)/b6-5-,9-8-,12-11-,20-17-,25-22-,29-24-/t36?,37-/m1/s1. The van der Waals surface area contributed by atoms with Gasteiger partial charge >= 0.3 is 19.8 Å². The number of phosphoric ester groups is 1. The van der Waals surface area contributed by atoms with Crippen molar-refractivity contribution in [2.45, 2.75) is 142 Å². The van der Waals surface area contributed by atoms with Gasteiger partial charge in [-0.25, -0.2) is 4.57 Å². The number of carbonyl (C=O) groups is 2. The smallest absolute Gasteiger partial charge is 0.462 e. The molecule has 0 amide bonds. The molecule has 1 unspecified atom stereocenters. The van der Waals surface area contributed by atoms with Crippen LogP contribution in [-0.4, -0.2) is 52.3 Å². The molecule has 0 spiro atoms. The summed E-state index contributed by atoms with van der Waals surface area (Å²) in [5.41, 5.74) is 0. The first-order valence-electron chi connectivity index (χ1n) is 18.2. The van der Waals surface area contributed by atoms with Crippen LogP contribution in [0.1, 0.15) is 130 Å². The maximum atomic E-state index is 12.3. The number of esters is 2. The molecule has 0 aromatic rings. The minimum Gasteiger partial charge on any atom is -0.462 e. The van der Waals surface area contributed by atoms with E-state index in [-0.39, 0.29) is 19.4 Å².